The summed E-state index contributed by atoms with van der Waals surface area (Å²) in [7, 11) is 0. The minimum absolute atomic E-state index is 0.0313. The van der Waals surface area contributed by atoms with Gasteiger partial charge in [0.25, 0.3) is 0 Å². The lowest BCUT2D eigenvalue weighted by Gasteiger charge is -2.26. The molecule has 2 atom stereocenters. The molecule has 0 spiro atoms. The van der Waals surface area contributed by atoms with Gasteiger partial charge in [0.15, 0.2) is 6.29 Å². The van der Waals surface area contributed by atoms with Crippen molar-refractivity contribution in [3.63, 3.8) is 0 Å². The van der Waals surface area contributed by atoms with Crippen LogP contribution in [0.4, 0.5) is 0 Å². The number of aliphatic hydroxyl groups is 1. The van der Waals surface area contributed by atoms with Gasteiger partial charge in [0, 0.05) is 6.61 Å². The largest absolute Gasteiger partial charge is 0.394 e. The van der Waals surface area contributed by atoms with Crippen LogP contribution in [-0.2, 0) is 9.47 Å². The Morgan fingerprint density at radius 3 is 1.96 bits per heavy atom. The van der Waals surface area contributed by atoms with Crippen LogP contribution in [0, 0.1) is 0 Å². The normalized spacial score (nSPS) is 19.5. The molecule has 0 bridgehead atoms. The SMILES string of the molecule is CCCCCCCCCCCCCCC(CO)OC1CCCCO1. The van der Waals surface area contributed by atoms with Crippen molar-refractivity contribution in [2.75, 3.05) is 13.2 Å². The number of aliphatic hydroxyl groups excluding tert-OH is 1. The van der Waals surface area contributed by atoms with Gasteiger partial charge < -0.3 is 14.6 Å². The van der Waals surface area contributed by atoms with Gasteiger partial charge in [0.05, 0.1) is 12.7 Å². The topological polar surface area (TPSA) is 38.7 Å². The van der Waals surface area contributed by atoms with E-state index in [1.165, 1.54) is 77.0 Å². The molecule has 0 saturated carbocycles. The van der Waals surface area contributed by atoms with E-state index in [-0.39, 0.29) is 19.0 Å². The average Bonchev–Trinajstić information content (AvgIpc) is 2.62. The van der Waals surface area contributed by atoms with Crippen molar-refractivity contribution in [2.45, 2.75) is 122 Å². The minimum Gasteiger partial charge on any atom is -0.394 e. The summed E-state index contributed by atoms with van der Waals surface area (Å²) in [6, 6.07) is 0. The Labute approximate surface area is 150 Å². The van der Waals surface area contributed by atoms with Gasteiger partial charge in [-0.05, 0) is 25.7 Å². The monoisotopic (exact) mass is 342 g/mol. The lowest BCUT2D eigenvalue weighted by atomic mass is 10.0. The van der Waals surface area contributed by atoms with Gasteiger partial charge >= 0.3 is 0 Å². The van der Waals surface area contributed by atoms with Crippen molar-refractivity contribution in [1.29, 1.82) is 0 Å². The molecule has 3 nitrogen and oxygen atoms in total. The molecule has 1 N–H and O–H groups in total. The number of ether oxygens (including phenoxy) is 2. The maximum Gasteiger partial charge on any atom is 0.158 e. The van der Waals surface area contributed by atoms with Gasteiger partial charge in [-0.2, -0.15) is 0 Å². The molecule has 1 rings (SSSR count). The van der Waals surface area contributed by atoms with Crippen molar-refractivity contribution in [2.24, 2.45) is 0 Å². The molecule has 24 heavy (non-hydrogen) atoms. The quantitative estimate of drug-likeness (QED) is 0.351. The van der Waals surface area contributed by atoms with Crippen molar-refractivity contribution < 1.29 is 14.6 Å². The van der Waals surface area contributed by atoms with Crippen molar-refractivity contribution in [1.82, 2.24) is 0 Å². The van der Waals surface area contributed by atoms with Crippen LogP contribution in [0.1, 0.15) is 110 Å². The van der Waals surface area contributed by atoms with Crippen LogP contribution < -0.4 is 0 Å². The summed E-state index contributed by atoms with van der Waals surface area (Å²) >= 11 is 0. The Morgan fingerprint density at radius 2 is 1.46 bits per heavy atom. The molecule has 0 aromatic rings. The van der Waals surface area contributed by atoms with Crippen LogP contribution >= 0.6 is 0 Å². The second-order valence-corrected chi connectivity index (χ2v) is 7.41. The Kier molecular flexibility index (Phi) is 14.9. The van der Waals surface area contributed by atoms with Crippen molar-refractivity contribution in [3.8, 4) is 0 Å². The van der Waals surface area contributed by atoms with Crippen LogP contribution in [0.5, 0.6) is 0 Å². The van der Waals surface area contributed by atoms with Gasteiger partial charge in [-0.15, -0.1) is 0 Å². The highest BCUT2D eigenvalue weighted by Crippen LogP contribution is 2.18. The minimum atomic E-state index is -0.0757. The van der Waals surface area contributed by atoms with Crippen LogP contribution in [0.15, 0.2) is 0 Å². The number of unbranched alkanes of at least 4 members (excludes halogenated alkanes) is 11. The Morgan fingerprint density at radius 1 is 0.875 bits per heavy atom. The maximum absolute atomic E-state index is 9.45. The summed E-state index contributed by atoms with van der Waals surface area (Å²) in [5.74, 6) is 0. The lowest BCUT2D eigenvalue weighted by Crippen LogP contribution is -2.29. The predicted molar refractivity (Wildman–Crippen MR) is 101 cm³/mol. The van der Waals surface area contributed by atoms with Gasteiger partial charge in [0.1, 0.15) is 0 Å². The van der Waals surface area contributed by atoms with E-state index in [0.717, 1.165) is 32.3 Å². The highest BCUT2D eigenvalue weighted by atomic mass is 16.7. The second kappa shape index (κ2) is 16.4. The third-order valence-corrected chi connectivity index (χ3v) is 5.07. The number of rotatable bonds is 16. The van der Waals surface area contributed by atoms with E-state index in [1.807, 2.05) is 0 Å². The van der Waals surface area contributed by atoms with Crippen molar-refractivity contribution >= 4 is 0 Å². The van der Waals surface area contributed by atoms with E-state index in [9.17, 15) is 5.11 Å². The molecule has 0 amide bonds. The summed E-state index contributed by atoms with van der Waals surface area (Å²) in [5.41, 5.74) is 0. The molecule has 1 saturated heterocycles. The van der Waals surface area contributed by atoms with E-state index in [2.05, 4.69) is 6.92 Å². The first-order chi connectivity index (χ1) is 11.9. The average molecular weight is 343 g/mol. The van der Waals surface area contributed by atoms with E-state index in [0.29, 0.717) is 0 Å². The third-order valence-electron chi connectivity index (χ3n) is 5.07. The molecule has 0 radical (unpaired) electrons. The standard InChI is InChI=1S/C21H42O3/c1-2-3-4-5-6-7-8-9-10-11-12-13-16-20(19-22)24-21-17-14-15-18-23-21/h20-22H,2-19H2,1H3. The first-order valence-electron chi connectivity index (χ1n) is 10.7. The smallest absolute Gasteiger partial charge is 0.158 e. The summed E-state index contributed by atoms with van der Waals surface area (Å²) in [4.78, 5) is 0. The van der Waals surface area contributed by atoms with Crippen LogP contribution in [0.25, 0.3) is 0 Å². The molecular formula is C21H42O3. The Hall–Kier alpha value is -0.120. The number of hydrogen-bond donors (Lipinski definition) is 1. The summed E-state index contributed by atoms with van der Waals surface area (Å²) in [6.45, 7) is 3.21. The molecule has 0 aromatic heterocycles. The molecule has 144 valence electrons. The summed E-state index contributed by atoms with van der Waals surface area (Å²) in [5, 5.41) is 9.45. The molecule has 0 aliphatic carbocycles. The molecular weight excluding hydrogens is 300 g/mol. The molecule has 1 aliphatic rings. The summed E-state index contributed by atoms with van der Waals surface area (Å²) < 4.78 is 11.5. The zero-order valence-corrected chi connectivity index (χ0v) is 16.1. The second-order valence-electron chi connectivity index (χ2n) is 7.41. The lowest BCUT2D eigenvalue weighted by molar-refractivity contribution is -0.196. The van der Waals surface area contributed by atoms with Crippen molar-refractivity contribution in [3.05, 3.63) is 0 Å². The van der Waals surface area contributed by atoms with Crippen LogP contribution in [0.3, 0.4) is 0 Å². The predicted octanol–water partition coefficient (Wildman–Crippen LogP) is 5.98. The van der Waals surface area contributed by atoms with Gasteiger partial charge in [0.2, 0.25) is 0 Å². The number of hydrogen-bond acceptors (Lipinski definition) is 3. The van der Waals surface area contributed by atoms with Gasteiger partial charge in [-0.3, -0.25) is 0 Å². The molecule has 1 aliphatic heterocycles. The highest BCUT2D eigenvalue weighted by Gasteiger charge is 2.18. The van der Waals surface area contributed by atoms with E-state index in [1.54, 1.807) is 0 Å². The highest BCUT2D eigenvalue weighted by molar-refractivity contribution is 4.61. The molecule has 1 fully saturated rings. The first-order valence-corrected chi connectivity index (χ1v) is 10.7. The van der Waals surface area contributed by atoms with Gasteiger partial charge in [-0.25, -0.2) is 0 Å². The zero-order chi connectivity index (χ0) is 17.3. The molecule has 0 aromatic carbocycles. The van der Waals surface area contributed by atoms with E-state index >= 15 is 0 Å². The fraction of sp³-hybridized carbons (Fsp3) is 1.00. The fourth-order valence-electron chi connectivity index (χ4n) is 3.45. The van der Waals surface area contributed by atoms with E-state index < -0.39 is 0 Å². The molecule has 2 unspecified atom stereocenters. The molecule has 3 heteroatoms. The van der Waals surface area contributed by atoms with E-state index in [4.69, 9.17) is 9.47 Å². The Bertz CT molecular complexity index is 251. The van der Waals surface area contributed by atoms with Crippen LogP contribution in [0.2, 0.25) is 0 Å². The first kappa shape index (κ1) is 21.9. The van der Waals surface area contributed by atoms with Gasteiger partial charge in [-0.1, -0.05) is 84.0 Å². The maximum atomic E-state index is 9.45. The summed E-state index contributed by atoms with van der Waals surface area (Å²) in [6.07, 6.45) is 20.5. The Balaban J connectivity index is 1.84. The van der Waals surface area contributed by atoms with Crippen LogP contribution in [-0.4, -0.2) is 30.7 Å². The third kappa shape index (κ3) is 12.3. The fourth-order valence-corrected chi connectivity index (χ4v) is 3.45. The zero-order valence-electron chi connectivity index (χ0n) is 16.1. The molecule has 1 heterocycles.